The van der Waals surface area contributed by atoms with Gasteiger partial charge < -0.3 is 9.47 Å². The van der Waals surface area contributed by atoms with E-state index in [1.165, 1.54) is 4.90 Å². The van der Waals surface area contributed by atoms with E-state index >= 15 is 0 Å². The summed E-state index contributed by atoms with van der Waals surface area (Å²) < 4.78 is 10.8. The molecule has 3 saturated heterocycles. The lowest BCUT2D eigenvalue weighted by Crippen LogP contribution is -2.33. The van der Waals surface area contributed by atoms with Gasteiger partial charge in [-0.05, 0) is 30.5 Å². The molecule has 5 nitrogen and oxygen atoms in total. The fraction of sp³-hybridized carbons (Fsp3) is 0.500. The Bertz CT molecular complexity index is 569. The molecule has 3 aliphatic rings. The highest BCUT2D eigenvalue weighted by atomic mass is 16.5. The van der Waals surface area contributed by atoms with Gasteiger partial charge in [-0.15, -0.1) is 0 Å². The quantitative estimate of drug-likeness (QED) is 0.788. The van der Waals surface area contributed by atoms with Crippen LogP contribution in [0.3, 0.4) is 0 Å². The molecule has 1 aromatic rings. The van der Waals surface area contributed by atoms with Gasteiger partial charge in [0.25, 0.3) is 0 Å². The Balaban J connectivity index is 1.55. The number of hydrogen-bond acceptors (Lipinski definition) is 4. The van der Waals surface area contributed by atoms with E-state index in [1.807, 2.05) is 24.3 Å². The zero-order chi connectivity index (χ0) is 14.6. The van der Waals surface area contributed by atoms with Gasteiger partial charge >= 0.3 is 0 Å². The molecule has 0 aliphatic carbocycles. The highest BCUT2D eigenvalue weighted by molar-refractivity contribution is 6.06. The van der Waals surface area contributed by atoms with Gasteiger partial charge in [-0.1, -0.05) is 12.1 Å². The molecule has 0 aromatic heterocycles. The first kappa shape index (κ1) is 12.8. The molecule has 0 saturated carbocycles. The molecular weight excluding hydrogens is 270 g/mol. The monoisotopic (exact) mass is 287 g/mol. The van der Waals surface area contributed by atoms with Crippen LogP contribution >= 0.6 is 0 Å². The van der Waals surface area contributed by atoms with Crippen molar-refractivity contribution >= 4 is 11.8 Å². The van der Waals surface area contributed by atoms with Gasteiger partial charge in [-0.2, -0.15) is 0 Å². The van der Waals surface area contributed by atoms with Crippen molar-refractivity contribution in [3.63, 3.8) is 0 Å². The van der Waals surface area contributed by atoms with Crippen LogP contribution in [0.1, 0.15) is 18.4 Å². The summed E-state index contributed by atoms with van der Waals surface area (Å²) in [6.45, 7) is 0.341. The van der Waals surface area contributed by atoms with E-state index in [2.05, 4.69) is 0 Å². The predicted molar refractivity (Wildman–Crippen MR) is 73.4 cm³/mol. The number of carbonyl (C=O) groups is 2. The molecule has 21 heavy (non-hydrogen) atoms. The van der Waals surface area contributed by atoms with Crippen LogP contribution in [0.5, 0.6) is 5.75 Å². The minimum absolute atomic E-state index is 0.0442. The molecule has 4 rings (SSSR count). The molecule has 1 aromatic carbocycles. The zero-order valence-corrected chi connectivity index (χ0v) is 11.8. The molecule has 0 radical (unpaired) electrons. The lowest BCUT2D eigenvalue weighted by atomic mass is 9.81. The molecule has 2 amide bonds. The molecule has 2 unspecified atom stereocenters. The second-order valence-corrected chi connectivity index (χ2v) is 5.95. The van der Waals surface area contributed by atoms with Crippen molar-refractivity contribution in [2.45, 2.75) is 31.6 Å². The van der Waals surface area contributed by atoms with Crippen LogP contribution in [-0.2, 0) is 20.9 Å². The number of rotatable bonds is 3. The number of carbonyl (C=O) groups excluding carboxylic acids is 2. The molecule has 110 valence electrons. The third kappa shape index (κ3) is 1.80. The summed E-state index contributed by atoms with van der Waals surface area (Å²) in [5.74, 6) is 0.158. The minimum atomic E-state index is -0.241. The lowest BCUT2D eigenvalue weighted by molar-refractivity contribution is -0.143. The topological polar surface area (TPSA) is 55.8 Å². The number of imide groups is 1. The summed E-state index contributed by atoms with van der Waals surface area (Å²) in [5.41, 5.74) is 0.936. The van der Waals surface area contributed by atoms with E-state index < -0.39 is 0 Å². The minimum Gasteiger partial charge on any atom is -0.497 e. The summed E-state index contributed by atoms with van der Waals surface area (Å²) in [6, 6.07) is 7.46. The first-order chi connectivity index (χ1) is 10.2. The van der Waals surface area contributed by atoms with E-state index in [4.69, 9.17) is 9.47 Å². The van der Waals surface area contributed by atoms with Gasteiger partial charge in [0, 0.05) is 0 Å². The Morgan fingerprint density at radius 1 is 1.10 bits per heavy atom. The largest absolute Gasteiger partial charge is 0.497 e. The van der Waals surface area contributed by atoms with Crippen LogP contribution in [0, 0.1) is 11.8 Å². The normalized spacial score (nSPS) is 33.7. The molecule has 0 spiro atoms. The molecular formula is C16H17NO4. The van der Waals surface area contributed by atoms with Crippen LogP contribution in [0.25, 0.3) is 0 Å². The van der Waals surface area contributed by atoms with Gasteiger partial charge in [0.15, 0.2) is 0 Å². The fourth-order valence-electron chi connectivity index (χ4n) is 3.84. The number of methoxy groups -OCH3 is 1. The van der Waals surface area contributed by atoms with Gasteiger partial charge in [-0.3, -0.25) is 14.5 Å². The number of hydrogen-bond donors (Lipinski definition) is 0. The van der Waals surface area contributed by atoms with Gasteiger partial charge in [0.05, 0.1) is 37.7 Å². The Morgan fingerprint density at radius 2 is 1.67 bits per heavy atom. The molecule has 5 heteroatoms. The van der Waals surface area contributed by atoms with Crippen LogP contribution < -0.4 is 4.74 Å². The third-order valence-corrected chi connectivity index (χ3v) is 4.88. The fourth-order valence-corrected chi connectivity index (χ4v) is 3.84. The van der Waals surface area contributed by atoms with E-state index in [1.54, 1.807) is 7.11 Å². The molecule has 3 fully saturated rings. The van der Waals surface area contributed by atoms with E-state index in [0.717, 1.165) is 24.2 Å². The Kier molecular flexibility index (Phi) is 2.79. The van der Waals surface area contributed by atoms with Crippen molar-refractivity contribution < 1.29 is 19.1 Å². The summed E-state index contributed by atoms with van der Waals surface area (Å²) in [4.78, 5) is 26.4. The Hall–Kier alpha value is -1.88. The van der Waals surface area contributed by atoms with Crippen molar-refractivity contribution in [1.29, 1.82) is 0 Å². The van der Waals surface area contributed by atoms with Crippen LogP contribution in [0.4, 0.5) is 0 Å². The van der Waals surface area contributed by atoms with Crippen molar-refractivity contribution in [1.82, 2.24) is 4.90 Å². The maximum absolute atomic E-state index is 12.5. The number of nitrogens with zero attached hydrogens (tertiary/aromatic N) is 1. The number of fused-ring (bicyclic) bond motifs is 5. The van der Waals surface area contributed by atoms with Crippen molar-refractivity contribution in [2.24, 2.45) is 11.8 Å². The second-order valence-electron chi connectivity index (χ2n) is 5.95. The smallest absolute Gasteiger partial charge is 0.236 e. The maximum Gasteiger partial charge on any atom is 0.236 e. The highest BCUT2D eigenvalue weighted by Gasteiger charge is 2.62. The Morgan fingerprint density at radius 3 is 2.19 bits per heavy atom. The summed E-state index contributed by atoms with van der Waals surface area (Å²) >= 11 is 0. The third-order valence-electron chi connectivity index (χ3n) is 4.88. The van der Waals surface area contributed by atoms with E-state index in [0.29, 0.717) is 6.54 Å². The summed E-state index contributed by atoms with van der Waals surface area (Å²) in [6.07, 6.45) is 1.72. The van der Waals surface area contributed by atoms with E-state index in [9.17, 15) is 9.59 Å². The van der Waals surface area contributed by atoms with Crippen LogP contribution in [-0.4, -0.2) is 36.0 Å². The molecule has 3 aliphatic heterocycles. The first-order valence-electron chi connectivity index (χ1n) is 7.32. The SMILES string of the molecule is COc1ccc(CN2C(=O)C3C(C2=O)[C@H]2CC[C@@H]3O2)cc1. The van der Waals surface area contributed by atoms with Gasteiger partial charge in [0.2, 0.25) is 11.8 Å². The molecule has 0 N–H and O–H groups in total. The molecule has 3 heterocycles. The van der Waals surface area contributed by atoms with Crippen molar-refractivity contribution in [3.05, 3.63) is 29.8 Å². The number of amides is 2. The predicted octanol–water partition coefficient (Wildman–Crippen LogP) is 1.36. The summed E-state index contributed by atoms with van der Waals surface area (Å²) in [7, 11) is 1.61. The molecule has 2 bridgehead atoms. The highest BCUT2D eigenvalue weighted by Crippen LogP contribution is 2.48. The van der Waals surface area contributed by atoms with Crippen LogP contribution in [0.2, 0.25) is 0 Å². The van der Waals surface area contributed by atoms with Gasteiger partial charge in [0.1, 0.15) is 5.75 Å². The number of likely N-dealkylation sites (tertiary alicyclic amines) is 1. The average molecular weight is 287 g/mol. The Labute approximate surface area is 122 Å². The first-order valence-corrected chi connectivity index (χ1v) is 7.32. The number of benzene rings is 1. The average Bonchev–Trinajstić information content (AvgIpc) is 3.18. The standard InChI is InChI=1S/C16H17NO4/c1-20-10-4-2-9(3-5-10)8-17-15(18)13-11-6-7-12(21-11)14(13)16(17)19/h2-5,11-14H,6-8H2,1H3/t11-,12+,13?,14?. The van der Waals surface area contributed by atoms with E-state index in [-0.39, 0.29) is 35.9 Å². The zero-order valence-electron chi connectivity index (χ0n) is 11.8. The number of ether oxygens (including phenoxy) is 2. The van der Waals surface area contributed by atoms with Crippen molar-refractivity contribution in [3.8, 4) is 5.75 Å². The summed E-state index contributed by atoms with van der Waals surface area (Å²) in [5, 5.41) is 0. The van der Waals surface area contributed by atoms with Crippen LogP contribution in [0.15, 0.2) is 24.3 Å². The second kappa shape index (κ2) is 4.56. The van der Waals surface area contributed by atoms with Crippen molar-refractivity contribution in [2.75, 3.05) is 7.11 Å². The lowest BCUT2D eigenvalue weighted by Gasteiger charge is -2.17. The molecule has 4 atom stereocenters. The maximum atomic E-state index is 12.5. The van der Waals surface area contributed by atoms with Gasteiger partial charge in [-0.25, -0.2) is 0 Å².